The molecular weight excluding hydrogens is 599 g/mol. The highest BCUT2D eigenvalue weighted by Crippen LogP contribution is 2.32. The molecule has 3 unspecified atom stereocenters. The summed E-state index contributed by atoms with van der Waals surface area (Å²) in [6, 6.07) is 59.1. The fourth-order valence-corrected chi connectivity index (χ4v) is 6.40. The molecule has 4 N–H and O–H groups in total. The smallest absolute Gasteiger partial charge is 0.133 e. The molecule has 49 heavy (non-hydrogen) atoms. The van der Waals surface area contributed by atoms with Crippen molar-refractivity contribution in [1.82, 2.24) is 16.0 Å². The highest BCUT2D eigenvalue weighted by Gasteiger charge is 2.24. The third-order valence-corrected chi connectivity index (χ3v) is 8.99. The molecule has 2 aliphatic heterocycles. The van der Waals surface area contributed by atoms with E-state index in [0.29, 0.717) is 0 Å². The third-order valence-electron chi connectivity index (χ3n) is 8.99. The molecule has 2 aliphatic rings. The van der Waals surface area contributed by atoms with Crippen molar-refractivity contribution in [2.75, 3.05) is 5.32 Å². The molecule has 0 bridgehead atoms. The Morgan fingerprint density at radius 2 is 0.980 bits per heavy atom. The van der Waals surface area contributed by atoms with Crippen molar-refractivity contribution in [2.45, 2.75) is 18.2 Å². The summed E-state index contributed by atoms with van der Waals surface area (Å²) in [7, 11) is 0. The van der Waals surface area contributed by atoms with Crippen LogP contribution >= 0.6 is 0 Å². The Morgan fingerprint density at radius 3 is 1.61 bits per heavy atom. The summed E-state index contributed by atoms with van der Waals surface area (Å²) in [4.78, 5) is 5.11. The summed E-state index contributed by atoms with van der Waals surface area (Å²) in [5.74, 6) is 0.873. The molecule has 0 aromatic heterocycles. The standard InChI is InChI=1S/C44H37N5/c1-5-13-31(14-6-1)39-29-41(48-43(46-39)35-17-9-3-10-18-35)33-21-25-37(26-22-33)45-38-27-23-34(24-28-38)42-30-40(32-15-7-2-8-16-32)47-44(49-42)36-19-11-4-12-20-36/h1-30,39,42-43,45-46,48H,(H,47,49). The minimum atomic E-state index is -0.106. The fourth-order valence-electron chi connectivity index (χ4n) is 6.40. The lowest BCUT2D eigenvalue weighted by molar-refractivity contribution is 0.442. The van der Waals surface area contributed by atoms with E-state index in [9.17, 15) is 0 Å². The van der Waals surface area contributed by atoms with E-state index >= 15 is 0 Å². The molecule has 0 spiro atoms. The Morgan fingerprint density at radius 1 is 0.449 bits per heavy atom. The lowest BCUT2D eigenvalue weighted by Gasteiger charge is -2.33. The lowest BCUT2D eigenvalue weighted by atomic mass is 9.98. The van der Waals surface area contributed by atoms with Gasteiger partial charge in [-0.15, -0.1) is 0 Å². The van der Waals surface area contributed by atoms with Gasteiger partial charge in [0.25, 0.3) is 0 Å². The monoisotopic (exact) mass is 635 g/mol. The van der Waals surface area contributed by atoms with E-state index in [1.165, 1.54) is 11.1 Å². The minimum Gasteiger partial charge on any atom is -0.366 e. The average Bonchev–Trinajstić information content (AvgIpc) is 3.19. The topological polar surface area (TPSA) is 60.5 Å². The Kier molecular flexibility index (Phi) is 8.56. The maximum absolute atomic E-state index is 5.11. The molecule has 5 heteroatoms. The van der Waals surface area contributed by atoms with Gasteiger partial charge in [-0.25, -0.2) is 0 Å². The zero-order chi connectivity index (χ0) is 32.8. The normalized spacial score (nSPS) is 18.6. The van der Waals surface area contributed by atoms with Crippen LogP contribution in [0.4, 0.5) is 11.4 Å². The Balaban J connectivity index is 1.01. The van der Waals surface area contributed by atoms with Gasteiger partial charge in [0.15, 0.2) is 0 Å². The van der Waals surface area contributed by atoms with Crippen LogP contribution in [-0.2, 0) is 0 Å². The Labute approximate surface area is 287 Å². The van der Waals surface area contributed by atoms with Crippen LogP contribution in [0.25, 0.3) is 11.4 Å². The molecule has 0 radical (unpaired) electrons. The summed E-state index contributed by atoms with van der Waals surface area (Å²) in [5, 5.41) is 14.6. The number of benzene rings is 6. The number of amidine groups is 1. The van der Waals surface area contributed by atoms with Crippen molar-refractivity contribution >= 4 is 28.6 Å². The van der Waals surface area contributed by atoms with Crippen LogP contribution in [0.3, 0.4) is 0 Å². The van der Waals surface area contributed by atoms with E-state index in [-0.39, 0.29) is 18.2 Å². The van der Waals surface area contributed by atoms with Gasteiger partial charge in [-0.2, -0.15) is 0 Å². The Hall–Kier alpha value is -6.17. The molecule has 0 saturated carbocycles. The number of hydrogen-bond acceptors (Lipinski definition) is 5. The molecule has 0 saturated heterocycles. The third kappa shape index (κ3) is 6.93. The van der Waals surface area contributed by atoms with Crippen LogP contribution in [0, 0.1) is 0 Å². The summed E-state index contributed by atoms with van der Waals surface area (Å²) >= 11 is 0. The molecule has 238 valence electrons. The lowest BCUT2D eigenvalue weighted by Crippen LogP contribution is -2.39. The van der Waals surface area contributed by atoms with E-state index in [1.807, 2.05) is 24.3 Å². The molecule has 8 rings (SSSR count). The first-order valence-electron chi connectivity index (χ1n) is 16.7. The number of aliphatic imine (C=N–C) groups is 1. The predicted octanol–water partition coefficient (Wildman–Crippen LogP) is 9.54. The van der Waals surface area contributed by atoms with Gasteiger partial charge in [0.2, 0.25) is 0 Å². The second-order valence-electron chi connectivity index (χ2n) is 12.3. The predicted molar refractivity (Wildman–Crippen MR) is 202 cm³/mol. The van der Waals surface area contributed by atoms with Crippen LogP contribution in [0.2, 0.25) is 0 Å². The van der Waals surface area contributed by atoms with Crippen LogP contribution in [0.15, 0.2) is 187 Å². The zero-order valence-corrected chi connectivity index (χ0v) is 27.0. The maximum Gasteiger partial charge on any atom is 0.133 e. The van der Waals surface area contributed by atoms with Crippen molar-refractivity contribution in [3.63, 3.8) is 0 Å². The molecule has 0 fully saturated rings. The number of nitrogens with zero attached hydrogens (tertiary/aromatic N) is 1. The number of rotatable bonds is 8. The van der Waals surface area contributed by atoms with Gasteiger partial charge in [-0.1, -0.05) is 146 Å². The van der Waals surface area contributed by atoms with Crippen molar-refractivity contribution in [3.8, 4) is 0 Å². The van der Waals surface area contributed by atoms with E-state index in [4.69, 9.17) is 4.99 Å². The molecular formula is C44H37N5. The van der Waals surface area contributed by atoms with E-state index in [1.54, 1.807) is 0 Å². The molecule has 6 aromatic rings. The summed E-state index contributed by atoms with van der Waals surface area (Å²) in [6.45, 7) is 0. The first kappa shape index (κ1) is 30.2. The minimum absolute atomic E-state index is 0.00519. The van der Waals surface area contributed by atoms with Crippen LogP contribution in [0.5, 0.6) is 0 Å². The molecule has 5 nitrogen and oxygen atoms in total. The quantitative estimate of drug-likeness (QED) is 0.135. The summed E-state index contributed by atoms with van der Waals surface area (Å²) in [6.07, 6.45) is 4.48. The number of nitrogens with one attached hydrogen (secondary N) is 4. The fraction of sp³-hybridized carbons (Fsp3) is 0.0682. The summed E-state index contributed by atoms with van der Waals surface area (Å²) < 4.78 is 0. The highest BCUT2D eigenvalue weighted by molar-refractivity contribution is 6.04. The van der Waals surface area contributed by atoms with Gasteiger partial charge in [0.1, 0.15) is 12.0 Å². The van der Waals surface area contributed by atoms with Crippen LogP contribution in [-0.4, -0.2) is 5.84 Å². The van der Waals surface area contributed by atoms with E-state index in [0.717, 1.165) is 50.9 Å². The molecule has 6 aromatic carbocycles. The van der Waals surface area contributed by atoms with E-state index < -0.39 is 0 Å². The Bertz CT molecular complexity index is 2030. The van der Waals surface area contributed by atoms with Crippen molar-refractivity contribution in [1.29, 1.82) is 0 Å². The van der Waals surface area contributed by atoms with Crippen LogP contribution < -0.4 is 21.3 Å². The number of anilines is 2. The first-order valence-corrected chi connectivity index (χ1v) is 16.7. The maximum atomic E-state index is 5.11. The molecule has 2 heterocycles. The van der Waals surface area contributed by atoms with Gasteiger partial charge < -0.3 is 16.0 Å². The van der Waals surface area contributed by atoms with Crippen molar-refractivity contribution in [2.24, 2.45) is 4.99 Å². The SMILES string of the molecule is C1=C(c2ccccc2)NC(c2ccccc2)=NC1c1ccc(Nc2ccc(C3=CC(c4ccccc4)NC(c4ccccc4)N3)cc2)cc1. The summed E-state index contributed by atoms with van der Waals surface area (Å²) in [5.41, 5.74) is 11.1. The van der Waals surface area contributed by atoms with E-state index in [2.05, 4.69) is 179 Å². The van der Waals surface area contributed by atoms with Gasteiger partial charge in [0.05, 0.1) is 12.1 Å². The second kappa shape index (κ2) is 13.9. The van der Waals surface area contributed by atoms with Gasteiger partial charge >= 0.3 is 0 Å². The van der Waals surface area contributed by atoms with Crippen molar-refractivity contribution < 1.29 is 0 Å². The molecule has 0 aliphatic carbocycles. The largest absolute Gasteiger partial charge is 0.366 e. The van der Waals surface area contributed by atoms with Crippen LogP contribution in [0.1, 0.15) is 51.6 Å². The van der Waals surface area contributed by atoms with Gasteiger partial charge in [-0.05, 0) is 64.2 Å². The zero-order valence-electron chi connectivity index (χ0n) is 27.0. The molecule has 3 atom stereocenters. The highest BCUT2D eigenvalue weighted by atomic mass is 15.2. The van der Waals surface area contributed by atoms with Gasteiger partial charge in [-0.3, -0.25) is 10.3 Å². The van der Waals surface area contributed by atoms with Crippen molar-refractivity contribution in [3.05, 3.63) is 215 Å². The van der Waals surface area contributed by atoms with Gasteiger partial charge in [0, 0.05) is 28.3 Å². The average molecular weight is 636 g/mol. The number of hydrogen-bond donors (Lipinski definition) is 4. The first-order chi connectivity index (χ1) is 24.2. The second-order valence-corrected chi connectivity index (χ2v) is 12.3. The molecule has 0 amide bonds.